The van der Waals surface area contributed by atoms with Gasteiger partial charge in [0.2, 0.25) is 5.91 Å². The van der Waals surface area contributed by atoms with Gasteiger partial charge in [-0.15, -0.1) is 0 Å². The van der Waals surface area contributed by atoms with E-state index < -0.39 is 42.7 Å². The van der Waals surface area contributed by atoms with Crippen LogP contribution in [0.1, 0.15) is 17.5 Å². The molecule has 1 aliphatic heterocycles. The molecule has 24 heavy (non-hydrogen) atoms. The quantitative estimate of drug-likeness (QED) is 0.807. The molecule has 0 saturated carbocycles. The Kier molecular flexibility index (Phi) is 3.73. The summed E-state index contributed by atoms with van der Waals surface area (Å²) in [5.41, 5.74) is 0.369. The van der Waals surface area contributed by atoms with Crippen LogP contribution in [0, 0.1) is 0 Å². The number of imide groups is 1. The van der Waals surface area contributed by atoms with Crippen LogP contribution in [0.15, 0.2) is 24.3 Å². The molecule has 1 aliphatic carbocycles. The number of hydrogen-bond acceptors (Lipinski definition) is 3. The van der Waals surface area contributed by atoms with Crippen molar-refractivity contribution in [1.29, 1.82) is 0 Å². The van der Waals surface area contributed by atoms with Crippen LogP contribution in [-0.2, 0) is 21.5 Å². The van der Waals surface area contributed by atoms with E-state index in [1.807, 2.05) is 12.1 Å². The molecule has 9 heteroatoms. The molecule has 1 heterocycles. The fraction of sp³-hybridized carbons (Fsp3) is 0.400. The van der Waals surface area contributed by atoms with E-state index in [0.717, 1.165) is 5.56 Å². The molecule has 1 spiro atoms. The summed E-state index contributed by atoms with van der Waals surface area (Å²) < 4.78 is 36.3. The number of urea groups is 1. The highest BCUT2D eigenvalue weighted by atomic mass is 19.4. The van der Waals surface area contributed by atoms with E-state index in [1.54, 1.807) is 17.4 Å². The van der Waals surface area contributed by atoms with Gasteiger partial charge in [0, 0.05) is 0 Å². The highest BCUT2D eigenvalue weighted by molar-refractivity contribution is 6.09. The molecule has 0 bridgehead atoms. The van der Waals surface area contributed by atoms with Crippen molar-refractivity contribution in [3.05, 3.63) is 35.4 Å². The standard InChI is InChI=1S/C15H14F3N3O3/c16-15(17,18)8-19-11(22)7-21-12(23)14(20-13(21)24)6-5-9-3-1-2-4-10(9)14/h1-4H,5-8H2,(H,19,22)(H,20,24)/t14-/m1/s1. The Morgan fingerprint density at radius 2 is 2.00 bits per heavy atom. The maximum absolute atomic E-state index is 12.7. The molecule has 0 unspecified atom stereocenters. The van der Waals surface area contributed by atoms with Crippen molar-refractivity contribution in [3.63, 3.8) is 0 Å². The Hall–Kier alpha value is -2.58. The first-order valence-corrected chi connectivity index (χ1v) is 7.29. The van der Waals surface area contributed by atoms with Gasteiger partial charge in [-0.2, -0.15) is 13.2 Å². The number of carbonyl (C=O) groups excluding carboxylic acids is 3. The van der Waals surface area contributed by atoms with Crippen LogP contribution in [0.4, 0.5) is 18.0 Å². The van der Waals surface area contributed by atoms with Crippen LogP contribution >= 0.6 is 0 Å². The fourth-order valence-electron chi connectivity index (χ4n) is 3.13. The Morgan fingerprint density at radius 1 is 1.29 bits per heavy atom. The van der Waals surface area contributed by atoms with Gasteiger partial charge in [-0.05, 0) is 24.0 Å². The molecule has 1 aromatic carbocycles. The van der Waals surface area contributed by atoms with Crippen molar-refractivity contribution >= 4 is 17.8 Å². The lowest BCUT2D eigenvalue weighted by atomic mass is 9.92. The van der Waals surface area contributed by atoms with Crippen LogP contribution in [0.5, 0.6) is 0 Å². The van der Waals surface area contributed by atoms with Gasteiger partial charge in [0.25, 0.3) is 5.91 Å². The maximum atomic E-state index is 12.7. The smallest absolute Gasteiger partial charge is 0.345 e. The number of hydrogen-bond donors (Lipinski definition) is 2. The number of halogens is 3. The second-order valence-corrected chi connectivity index (χ2v) is 5.78. The molecular formula is C15H14F3N3O3. The largest absolute Gasteiger partial charge is 0.405 e. The Balaban J connectivity index is 1.75. The number of carbonyl (C=O) groups is 3. The van der Waals surface area contributed by atoms with Gasteiger partial charge in [0.1, 0.15) is 18.6 Å². The lowest BCUT2D eigenvalue weighted by Gasteiger charge is -2.22. The van der Waals surface area contributed by atoms with Crippen molar-refractivity contribution in [2.24, 2.45) is 0 Å². The molecule has 0 aromatic heterocycles. The maximum Gasteiger partial charge on any atom is 0.405 e. The molecule has 3 rings (SSSR count). The minimum absolute atomic E-state index is 0.359. The minimum Gasteiger partial charge on any atom is -0.345 e. The van der Waals surface area contributed by atoms with E-state index in [-0.39, 0.29) is 0 Å². The highest BCUT2D eigenvalue weighted by Gasteiger charge is 2.55. The average molecular weight is 341 g/mol. The van der Waals surface area contributed by atoms with Crippen molar-refractivity contribution in [3.8, 4) is 0 Å². The summed E-state index contributed by atoms with van der Waals surface area (Å²) in [6, 6.07) is 6.36. The lowest BCUT2D eigenvalue weighted by Crippen LogP contribution is -2.45. The third-order valence-electron chi connectivity index (χ3n) is 4.21. The van der Waals surface area contributed by atoms with Crippen LogP contribution in [0.2, 0.25) is 0 Å². The second kappa shape index (κ2) is 5.50. The molecule has 1 fully saturated rings. The van der Waals surface area contributed by atoms with E-state index in [9.17, 15) is 27.6 Å². The zero-order valence-corrected chi connectivity index (χ0v) is 12.4. The molecule has 1 atom stereocenters. The van der Waals surface area contributed by atoms with Gasteiger partial charge in [0.05, 0.1) is 0 Å². The van der Waals surface area contributed by atoms with Gasteiger partial charge in [-0.3, -0.25) is 14.5 Å². The van der Waals surface area contributed by atoms with Crippen LogP contribution in [-0.4, -0.2) is 42.0 Å². The number of rotatable bonds is 3. The van der Waals surface area contributed by atoms with Crippen molar-refractivity contribution in [2.45, 2.75) is 24.6 Å². The highest BCUT2D eigenvalue weighted by Crippen LogP contribution is 2.41. The molecule has 1 aromatic rings. The van der Waals surface area contributed by atoms with E-state index in [0.29, 0.717) is 23.3 Å². The molecule has 2 aliphatic rings. The first kappa shape index (κ1) is 16.3. The molecule has 1 saturated heterocycles. The molecule has 0 radical (unpaired) electrons. The number of nitrogens with one attached hydrogen (secondary N) is 2. The van der Waals surface area contributed by atoms with Crippen LogP contribution in [0.25, 0.3) is 0 Å². The summed E-state index contributed by atoms with van der Waals surface area (Å²) in [4.78, 5) is 37.0. The van der Waals surface area contributed by atoms with E-state index in [1.165, 1.54) is 0 Å². The number of alkyl halides is 3. The molecule has 4 amide bonds. The zero-order valence-electron chi connectivity index (χ0n) is 12.4. The summed E-state index contributed by atoms with van der Waals surface area (Å²) in [6.07, 6.45) is -3.60. The monoisotopic (exact) mass is 341 g/mol. The Morgan fingerprint density at radius 3 is 2.71 bits per heavy atom. The molecular weight excluding hydrogens is 327 g/mol. The molecule has 2 N–H and O–H groups in total. The summed E-state index contributed by atoms with van der Waals surface area (Å²) in [7, 11) is 0. The first-order chi connectivity index (χ1) is 11.2. The molecule has 6 nitrogen and oxygen atoms in total. The normalized spacial score (nSPS) is 22.7. The van der Waals surface area contributed by atoms with Gasteiger partial charge in [0.15, 0.2) is 0 Å². The zero-order chi connectivity index (χ0) is 17.5. The van der Waals surface area contributed by atoms with Crippen molar-refractivity contribution < 1.29 is 27.6 Å². The predicted molar refractivity (Wildman–Crippen MR) is 75.8 cm³/mol. The number of benzene rings is 1. The number of fused-ring (bicyclic) bond motifs is 2. The van der Waals surface area contributed by atoms with Gasteiger partial charge >= 0.3 is 12.2 Å². The predicted octanol–water partition coefficient (Wildman–Crippen LogP) is 1.06. The average Bonchev–Trinajstić information content (AvgIpc) is 2.99. The number of nitrogens with zero attached hydrogens (tertiary/aromatic N) is 1. The minimum atomic E-state index is -4.56. The summed E-state index contributed by atoms with van der Waals surface area (Å²) in [5.74, 6) is -1.65. The lowest BCUT2D eigenvalue weighted by molar-refractivity contribution is -0.141. The summed E-state index contributed by atoms with van der Waals surface area (Å²) >= 11 is 0. The summed E-state index contributed by atoms with van der Waals surface area (Å²) in [6.45, 7) is -2.26. The number of amides is 4. The van der Waals surface area contributed by atoms with E-state index in [2.05, 4.69) is 5.32 Å². The van der Waals surface area contributed by atoms with Gasteiger partial charge < -0.3 is 10.6 Å². The second-order valence-electron chi connectivity index (χ2n) is 5.78. The van der Waals surface area contributed by atoms with Crippen molar-refractivity contribution in [2.75, 3.05) is 13.1 Å². The molecule has 128 valence electrons. The van der Waals surface area contributed by atoms with Crippen LogP contribution < -0.4 is 10.6 Å². The Bertz CT molecular complexity index is 719. The summed E-state index contributed by atoms with van der Waals surface area (Å²) in [5, 5.41) is 4.25. The van der Waals surface area contributed by atoms with E-state index in [4.69, 9.17) is 0 Å². The Labute approximate surface area is 135 Å². The SMILES string of the molecule is O=C(CN1C(=O)N[C@@]2(CCc3ccccc32)C1=O)NCC(F)(F)F. The fourth-order valence-corrected chi connectivity index (χ4v) is 3.13. The third-order valence-corrected chi connectivity index (χ3v) is 4.21. The van der Waals surface area contributed by atoms with Crippen LogP contribution in [0.3, 0.4) is 0 Å². The van der Waals surface area contributed by atoms with E-state index >= 15 is 0 Å². The first-order valence-electron chi connectivity index (χ1n) is 7.29. The topological polar surface area (TPSA) is 78.5 Å². The van der Waals surface area contributed by atoms with Crippen molar-refractivity contribution in [1.82, 2.24) is 15.5 Å². The number of aryl methyl sites for hydroxylation is 1. The van der Waals surface area contributed by atoms with Gasteiger partial charge in [-0.25, -0.2) is 4.79 Å². The third kappa shape index (κ3) is 2.70. The van der Waals surface area contributed by atoms with Gasteiger partial charge in [-0.1, -0.05) is 24.3 Å².